The third-order valence-corrected chi connectivity index (χ3v) is 16.7. The highest BCUT2D eigenvalue weighted by Gasteiger charge is 2.37. The van der Waals surface area contributed by atoms with E-state index in [4.69, 9.17) is 9.47 Å². The van der Waals surface area contributed by atoms with Gasteiger partial charge in [-0.15, -0.1) is 0 Å². The number of ether oxygens (including phenoxy) is 2. The molecular weight excluding hydrogens is 897 g/mol. The van der Waals surface area contributed by atoms with Crippen LogP contribution in [0.2, 0.25) is 0 Å². The van der Waals surface area contributed by atoms with E-state index >= 15 is 0 Å². The topological polar surface area (TPSA) is 72.8 Å². The van der Waals surface area contributed by atoms with Crippen molar-refractivity contribution in [2.24, 2.45) is 10.8 Å². The number of benzene rings is 1. The van der Waals surface area contributed by atoms with Gasteiger partial charge >= 0.3 is 11.9 Å². The summed E-state index contributed by atoms with van der Waals surface area (Å²) in [5.74, 6) is 0.687. The van der Waals surface area contributed by atoms with Crippen molar-refractivity contribution in [3.63, 3.8) is 0 Å². The first kappa shape index (κ1) is 69.0. The van der Waals surface area contributed by atoms with E-state index in [2.05, 4.69) is 95.2 Å². The van der Waals surface area contributed by atoms with E-state index in [0.717, 1.165) is 107 Å². The summed E-state index contributed by atoms with van der Waals surface area (Å²) in [6.07, 6.45) is 48.3. The summed E-state index contributed by atoms with van der Waals surface area (Å²) in [5.41, 5.74) is 1.87. The van der Waals surface area contributed by atoms with Crippen molar-refractivity contribution in [2.45, 2.75) is 363 Å². The van der Waals surface area contributed by atoms with Crippen LogP contribution in [0.3, 0.4) is 0 Å². The molecule has 5 heteroatoms. The van der Waals surface area contributed by atoms with Gasteiger partial charge < -0.3 is 14.6 Å². The highest BCUT2D eigenvalue weighted by Crippen LogP contribution is 2.44. The fourth-order valence-electron chi connectivity index (χ4n) is 11.2. The van der Waals surface area contributed by atoms with Crippen LogP contribution >= 0.6 is 0 Å². The second kappa shape index (κ2) is 41.1. The van der Waals surface area contributed by atoms with E-state index in [-0.39, 0.29) is 28.7 Å². The molecule has 3 unspecified atom stereocenters. The normalized spacial score (nSPS) is 14.2. The molecule has 0 spiro atoms. The summed E-state index contributed by atoms with van der Waals surface area (Å²) in [4.78, 5) is 28.3. The highest BCUT2D eigenvalue weighted by atomic mass is 16.5. The molecule has 5 nitrogen and oxygen atoms in total. The van der Waals surface area contributed by atoms with Gasteiger partial charge in [0.15, 0.2) is 0 Å². The maximum absolute atomic E-state index is 14.4. The third kappa shape index (κ3) is 31.7. The highest BCUT2D eigenvalue weighted by molar-refractivity contribution is 5.76. The largest absolute Gasteiger partial charge is 0.507 e. The zero-order valence-electron chi connectivity index (χ0n) is 51.2. The molecule has 428 valence electrons. The Morgan fingerprint density at radius 2 is 0.658 bits per heavy atom. The number of rotatable bonds is 48. The molecule has 1 aromatic carbocycles. The lowest BCUT2D eigenvalue weighted by Crippen LogP contribution is -2.31. The van der Waals surface area contributed by atoms with Gasteiger partial charge in [-0.25, -0.2) is 0 Å². The van der Waals surface area contributed by atoms with E-state index in [1.807, 2.05) is 0 Å². The maximum Gasteiger partial charge on any atom is 0.311 e. The van der Waals surface area contributed by atoms with Crippen LogP contribution in [0.1, 0.15) is 369 Å². The van der Waals surface area contributed by atoms with Crippen LogP contribution in [0, 0.1) is 10.8 Å². The van der Waals surface area contributed by atoms with Gasteiger partial charge in [-0.1, -0.05) is 293 Å². The third-order valence-electron chi connectivity index (χ3n) is 16.7. The van der Waals surface area contributed by atoms with Crippen LogP contribution in [0.5, 0.6) is 5.75 Å². The van der Waals surface area contributed by atoms with Gasteiger partial charge in [0.2, 0.25) is 0 Å². The van der Waals surface area contributed by atoms with Gasteiger partial charge in [0, 0.05) is 0 Å². The lowest BCUT2D eigenvalue weighted by atomic mass is 9.73. The second-order valence-corrected chi connectivity index (χ2v) is 26.1. The molecule has 0 fully saturated rings. The van der Waals surface area contributed by atoms with Crippen molar-refractivity contribution in [1.29, 1.82) is 0 Å². The minimum atomic E-state index is -0.538. The molecule has 0 radical (unpaired) electrons. The predicted octanol–water partition coefficient (Wildman–Crippen LogP) is 22.2. The van der Waals surface area contributed by atoms with Gasteiger partial charge in [0.05, 0.1) is 24.0 Å². The predicted molar refractivity (Wildman–Crippen MR) is 318 cm³/mol. The zero-order valence-corrected chi connectivity index (χ0v) is 51.2. The average molecular weight is 1020 g/mol. The number of phenolic OH excluding ortho intramolecular Hbond substituents is 1. The summed E-state index contributed by atoms with van der Waals surface area (Å²) in [6, 6.07) is 4.60. The number of carbonyl (C=O) groups excluding carboxylic acids is 2. The molecule has 0 aliphatic carbocycles. The monoisotopic (exact) mass is 1020 g/mol. The molecule has 0 amide bonds. The maximum atomic E-state index is 14.4. The first-order valence-electron chi connectivity index (χ1n) is 32.1. The summed E-state index contributed by atoms with van der Waals surface area (Å²) in [5, 5.41) is 11.8. The number of carbonyl (C=O) groups is 2. The van der Waals surface area contributed by atoms with E-state index in [9.17, 15) is 14.7 Å². The molecule has 0 bridgehead atoms. The fourth-order valence-corrected chi connectivity index (χ4v) is 11.2. The standard InChI is InChI=1S/C68H126O5/c1-13-17-21-25-29-33-37-43-50-67(11,63(70)72-54-46-39-35-31-27-23-19-15-3)51-45-41-42-48-58(59-56-60(65(5,6)7)62(69)61(57-59)66(8,9)10)49-53-68(12,52-44-38-34-30-26-22-18-14-2)64(71)73-55-47-40-36-32-28-24-20-16-4/h56-58,69H,13-55H2,1-12H3. The summed E-state index contributed by atoms with van der Waals surface area (Å²) >= 11 is 0. The number of phenols is 1. The molecule has 0 saturated heterocycles. The lowest BCUT2D eigenvalue weighted by Gasteiger charge is -2.32. The van der Waals surface area contributed by atoms with Crippen LogP contribution in [0.15, 0.2) is 12.1 Å². The Hall–Kier alpha value is -2.04. The van der Waals surface area contributed by atoms with Gasteiger partial charge in [0.25, 0.3) is 0 Å². The number of hydrogen-bond acceptors (Lipinski definition) is 5. The minimum absolute atomic E-state index is 0.00122. The zero-order chi connectivity index (χ0) is 54.3. The number of hydrogen-bond donors (Lipinski definition) is 1. The van der Waals surface area contributed by atoms with Crippen LogP contribution in [0.25, 0.3) is 0 Å². The molecule has 0 heterocycles. The molecule has 1 aromatic rings. The first-order chi connectivity index (χ1) is 34.9. The molecule has 0 aliphatic rings. The first-order valence-corrected chi connectivity index (χ1v) is 32.1. The van der Waals surface area contributed by atoms with E-state index in [1.165, 1.54) is 173 Å². The van der Waals surface area contributed by atoms with Gasteiger partial charge in [-0.05, 0) is 98.7 Å². The van der Waals surface area contributed by atoms with Crippen LogP contribution in [0.4, 0.5) is 0 Å². The van der Waals surface area contributed by atoms with Crippen molar-refractivity contribution in [3.8, 4) is 5.75 Å². The van der Waals surface area contributed by atoms with Crippen LogP contribution < -0.4 is 0 Å². The lowest BCUT2D eigenvalue weighted by molar-refractivity contribution is -0.157. The van der Waals surface area contributed by atoms with Crippen LogP contribution in [-0.4, -0.2) is 30.3 Å². The Bertz CT molecular complexity index is 1470. The van der Waals surface area contributed by atoms with Crippen molar-refractivity contribution in [2.75, 3.05) is 13.2 Å². The molecule has 73 heavy (non-hydrogen) atoms. The van der Waals surface area contributed by atoms with E-state index in [1.54, 1.807) is 0 Å². The number of esters is 2. The molecule has 1 rings (SSSR count). The Morgan fingerprint density at radius 1 is 0.384 bits per heavy atom. The minimum Gasteiger partial charge on any atom is -0.507 e. The van der Waals surface area contributed by atoms with Gasteiger partial charge in [-0.3, -0.25) is 9.59 Å². The fraction of sp³-hybridized carbons (Fsp3) is 0.882. The number of unbranched alkanes of at least 4 members (excludes halogenated alkanes) is 30. The van der Waals surface area contributed by atoms with E-state index < -0.39 is 10.8 Å². The van der Waals surface area contributed by atoms with Crippen molar-refractivity contribution >= 4 is 11.9 Å². The Kier molecular flexibility index (Phi) is 38.8. The summed E-state index contributed by atoms with van der Waals surface area (Å²) < 4.78 is 12.3. The van der Waals surface area contributed by atoms with Crippen molar-refractivity contribution < 1.29 is 24.2 Å². The molecule has 3 atom stereocenters. The molecular formula is C68H126O5. The van der Waals surface area contributed by atoms with Crippen LogP contribution in [-0.2, 0) is 29.9 Å². The number of aromatic hydroxyl groups is 1. The van der Waals surface area contributed by atoms with Gasteiger partial charge in [0.1, 0.15) is 5.75 Å². The van der Waals surface area contributed by atoms with Gasteiger partial charge in [-0.2, -0.15) is 0 Å². The SMILES string of the molecule is CCCCCCCCCCOC(=O)C(C)(CCCCCCCCCC)CCCCCC(CCC(C)(CCCCCCCCCC)C(=O)OCCCCCCCCCC)c1cc(C(C)(C)C)c(O)c(C(C)(C)C)c1. The molecule has 0 aliphatic heterocycles. The summed E-state index contributed by atoms with van der Waals surface area (Å²) in [7, 11) is 0. The quantitative estimate of drug-likeness (QED) is 0.0520. The Labute approximate surface area is 455 Å². The second-order valence-electron chi connectivity index (χ2n) is 26.1. The van der Waals surface area contributed by atoms with Crippen molar-refractivity contribution in [1.82, 2.24) is 0 Å². The molecule has 1 N–H and O–H groups in total. The molecule has 0 aromatic heterocycles. The van der Waals surface area contributed by atoms with Crippen molar-refractivity contribution in [3.05, 3.63) is 28.8 Å². The van der Waals surface area contributed by atoms with E-state index in [0.29, 0.717) is 19.0 Å². The molecule has 0 saturated carbocycles. The smallest absolute Gasteiger partial charge is 0.311 e. The summed E-state index contributed by atoms with van der Waals surface area (Å²) in [6.45, 7) is 27.8. The Balaban J connectivity index is 3.32. The Morgan fingerprint density at radius 3 is 0.973 bits per heavy atom. The average Bonchev–Trinajstić information content (AvgIpc) is 3.34.